The maximum absolute atomic E-state index is 5.11. The summed E-state index contributed by atoms with van der Waals surface area (Å²) in [6, 6.07) is 8.78. The molecule has 1 unspecified atom stereocenters. The summed E-state index contributed by atoms with van der Waals surface area (Å²) < 4.78 is 5.11. The van der Waals surface area contributed by atoms with Gasteiger partial charge in [0.2, 0.25) is 0 Å². The van der Waals surface area contributed by atoms with Gasteiger partial charge in [-0.3, -0.25) is 0 Å². The predicted molar refractivity (Wildman–Crippen MR) is 95.4 cm³/mol. The Bertz CT molecular complexity index is 358. The first-order valence-corrected chi connectivity index (χ1v) is 9.25. The lowest BCUT2D eigenvalue weighted by Gasteiger charge is -2.19. The van der Waals surface area contributed by atoms with Crippen molar-refractivity contribution in [3.05, 3.63) is 35.4 Å². The molecule has 0 heterocycles. The topological polar surface area (TPSA) is 21.3 Å². The molecule has 0 aliphatic rings. The van der Waals surface area contributed by atoms with Crippen LogP contribution in [0.3, 0.4) is 0 Å². The fourth-order valence-corrected chi connectivity index (χ4v) is 3.18. The molecule has 0 saturated heterocycles. The molecule has 0 aliphatic heterocycles. The first-order valence-electron chi connectivity index (χ1n) is 8.09. The normalized spacial score (nSPS) is 12.5. The molecule has 1 N–H and O–H groups in total. The maximum atomic E-state index is 5.11. The van der Waals surface area contributed by atoms with Gasteiger partial charge in [0.25, 0.3) is 0 Å². The van der Waals surface area contributed by atoms with E-state index in [2.05, 4.69) is 55.2 Å². The molecule has 0 radical (unpaired) electrons. The van der Waals surface area contributed by atoms with Crippen LogP contribution in [0.4, 0.5) is 0 Å². The van der Waals surface area contributed by atoms with E-state index in [9.17, 15) is 0 Å². The van der Waals surface area contributed by atoms with Crippen LogP contribution in [-0.2, 0) is 11.2 Å². The van der Waals surface area contributed by atoms with Gasteiger partial charge in [-0.25, -0.2) is 0 Å². The highest BCUT2D eigenvalue weighted by Gasteiger charge is 2.10. The molecule has 0 fully saturated rings. The zero-order valence-electron chi connectivity index (χ0n) is 13.9. The Hall–Kier alpha value is -0.510. The van der Waals surface area contributed by atoms with Crippen LogP contribution in [-0.4, -0.2) is 38.3 Å². The van der Waals surface area contributed by atoms with Crippen LogP contribution in [0, 0.1) is 12.8 Å². The third-order valence-electron chi connectivity index (χ3n) is 3.79. The van der Waals surface area contributed by atoms with Crippen molar-refractivity contribution in [2.24, 2.45) is 5.92 Å². The first-order chi connectivity index (χ1) is 10.3. The Morgan fingerprint density at radius 1 is 1.29 bits per heavy atom. The molecule has 1 rings (SSSR count). The molecular formula is C18H31NOS. The summed E-state index contributed by atoms with van der Waals surface area (Å²) in [6.45, 7) is 7.29. The van der Waals surface area contributed by atoms with Gasteiger partial charge < -0.3 is 10.1 Å². The van der Waals surface area contributed by atoms with Crippen molar-refractivity contribution in [3.8, 4) is 0 Å². The summed E-state index contributed by atoms with van der Waals surface area (Å²) in [5.74, 6) is 3.24. The molecule has 3 heteroatoms. The van der Waals surface area contributed by atoms with Crippen molar-refractivity contribution in [3.63, 3.8) is 0 Å². The molecule has 0 bridgehead atoms. The zero-order valence-corrected chi connectivity index (χ0v) is 14.7. The SMILES string of the molecule is CCSCCCC(CNCCOC)Cc1ccccc1C. The summed E-state index contributed by atoms with van der Waals surface area (Å²) >= 11 is 2.05. The number of aryl methyl sites for hydroxylation is 1. The molecule has 0 spiro atoms. The Labute approximate surface area is 135 Å². The minimum absolute atomic E-state index is 0.723. The van der Waals surface area contributed by atoms with Crippen molar-refractivity contribution in [1.29, 1.82) is 0 Å². The van der Waals surface area contributed by atoms with E-state index in [4.69, 9.17) is 4.74 Å². The van der Waals surface area contributed by atoms with Crippen LogP contribution in [0.25, 0.3) is 0 Å². The lowest BCUT2D eigenvalue weighted by molar-refractivity contribution is 0.197. The average molecular weight is 310 g/mol. The van der Waals surface area contributed by atoms with Gasteiger partial charge in [0, 0.05) is 13.7 Å². The van der Waals surface area contributed by atoms with Crippen molar-refractivity contribution < 1.29 is 4.74 Å². The van der Waals surface area contributed by atoms with Crippen molar-refractivity contribution in [2.75, 3.05) is 38.3 Å². The van der Waals surface area contributed by atoms with E-state index in [1.165, 1.54) is 41.9 Å². The Morgan fingerprint density at radius 3 is 2.81 bits per heavy atom. The second-order valence-electron chi connectivity index (χ2n) is 5.53. The molecule has 1 atom stereocenters. The van der Waals surface area contributed by atoms with Gasteiger partial charge in [0.05, 0.1) is 6.61 Å². The molecular weight excluding hydrogens is 278 g/mol. The zero-order chi connectivity index (χ0) is 15.3. The summed E-state index contributed by atoms with van der Waals surface area (Å²) in [5.41, 5.74) is 2.92. The number of hydrogen-bond acceptors (Lipinski definition) is 3. The lowest BCUT2D eigenvalue weighted by atomic mass is 9.92. The summed E-state index contributed by atoms with van der Waals surface area (Å²) in [5, 5.41) is 3.54. The summed E-state index contributed by atoms with van der Waals surface area (Å²) in [6.07, 6.45) is 3.81. The number of ether oxygens (including phenoxy) is 1. The van der Waals surface area contributed by atoms with E-state index in [0.717, 1.165) is 25.6 Å². The molecule has 1 aromatic rings. The minimum Gasteiger partial charge on any atom is -0.383 e. The van der Waals surface area contributed by atoms with Crippen LogP contribution < -0.4 is 5.32 Å². The Morgan fingerprint density at radius 2 is 2.10 bits per heavy atom. The van der Waals surface area contributed by atoms with Gasteiger partial charge in [0.15, 0.2) is 0 Å². The van der Waals surface area contributed by atoms with E-state index in [0.29, 0.717) is 0 Å². The van der Waals surface area contributed by atoms with Crippen molar-refractivity contribution in [1.82, 2.24) is 5.32 Å². The molecule has 0 aromatic heterocycles. The predicted octanol–water partition coefficient (Wildman–Crippen LogP) is 3.92. The monoisotopic (exact) mass is 309 g/mol. The number of nitrogens with one attached hydrogen (secondary N) is 1. The molecule has 0 aliphatic carbocycles. The molecule has 0 saturated carbocycles. The third kappa shape index (κ3) is 8.50. The minimum atomic E-state index is 0.723. The molecule has 2 nitrogen and oxygen atoms in total. The van der Waals surface area contributed by atoms with Gasteiger partial charge in [0.1, 0.15) is 0 Å². The molecule has 120 valence electrons. The van der Waals surface area contributed by atoms with Crippen LogP contribution in [0.15, 0.2) is 24.3 Å². The molecule has 1 aromatic carbocycles. The number of hydrogen-bond donors (Lipinski definition) is 1. The third-order valence-corrected chi connectivity index (χ3v) is 4.78. The number of thioether (sulfide) groups is 1. The van der Waals surface area contributed by atoms with Gasteiger partial charge in [-0.05, 0) is 61.3 Å². The van der Waals surface area contributed by atoms with Crippen LogP contribution in [0.2, 0.25) is 0 Å². The second kappa shape index (κ2) is 12.1. The number of methoxy groups -OCH3 is 1. The average Bonchev–Trinajstić information content (AvgIpc) is 2.50. The van der Waals surface area contributed by atoms with Gasteiger partial charge in [-0.15, -0.1) is 0 Å². The van der Waals surface area contributed by atoms with Gasteiger partial charge in [-0.2, -0.15) is 11.8 Å². The molecule has 0 amide bonds. The number of benzene rings is 1. The van der Waals surface area contributed by atoms with E-state index in [-0.39, 0.29) is 0 Å². The molecule has 21 heavy (non-hydrogen) atoms. The highest BCUT2D eigenvalue weighted by atomic mass is 32.2. The van der Waals surface area contributed by atoms with Gasteiger partial charge in [-0.1, -0.05) is 31.2 Å². The van der Waals surface area contributed by atoms with Gasteiger partial charge >= 0.3 is 0 Å². The fraction of sp³-hybridized carbons (Fsp3) is 0.667. The van der Waals surface area contributed by atoms with Crippen molar-refractivity contribution >= 4 is 11.8 Å². The summed E-state index contributed by atoms with van der Waals surface area (Å²) in [4.78, 5) is 0. The van der Waals surface area contributed by atoms with E-state index in [1.807, 2.05) is 0 Å². The fourth-order valence-electron chi connectivity index (χ4n) is 2.53. The summed E-state index contributed by atoms with van der Waals surface area (Å²) in [7, 11) is 1.76. The number of rotatable bonds is 12. The van der Waals surface area contributed by atoms with Crippen LogP contribution in [0.1, 0.15) is 30.9 Å². The smallest absolute Gasteiger partial charge is 0.0587 e. The van der Waals surface area contributed by atoms with Crippen LogP contribution >= 0.6 is 11.8 Å². The first kappa shape index (κ1) is 18.5. The highest BCUT2D eigenvalue weighted by molar-refractivity contribution is 7.99. The van der Waals surface area contributed by atoms with Crippen molar-refractivity contribution in [2.45, 2.75) is 33.1 Å². The largest absolute Gasteiger partial charge is 0.383 e. The van der Waals surface area contributed by atoms with E-state index in [1.54, 1.807) is 7.11 Å². The van der Waals surface area contributed by atoms with E-state index < -0.39 is 0 Å². The lowest BCUT2D eigenvalue weighted by Crippen LogP contribution is -2.27. The van der Waals surface area contributed by atoms with Crippen LogP contribution in [0.5, 0.6) is 0 Å². The second-order valence-corrected chi connectivity index (χ2v) is 6.93. The van der Waals surface area contributed by atoms with E-state index >= 15 is 0 Å². The quantitative estimate of drug-likeness (QED) is 0.591. The Balaban J connectivity index is 2.44. The Kier molecular flexibility index (Phi) is 10.7. The highest BCUT2D eigenvalue weighted by Crippen LogP contribution is 2.18. The maximum Gasteiger partial charge on any atom is 0.0587 e. The standard InChI is InChI=1S/C18H31NOS/c1-4-21-13-7-9-17(15-19-11-12-20-3)14-18-10-6-5-8-16(18)2/h5-6,8,10,17,19H,4,7,9,11-15H2,1-3H3.